The minimum absolute atomic E-state index is 0.513. The Bertz CT molecular complexity index is 544. The van der Waals surface area contributed by atoms with Gasteiger partial charge in [-0.15, -0.1) is 0 Å². The largest absolute Gasteiger partial charge is 0.457 e. The molecule has 98 valence electrons. The van der Waals surface area contributed by atoms with Gasteiger partial charge >= 0.3 is 0 Å². The zero-order chi connectivity index (χ0) is 13.7. The molecule has 0 radical (unpaired) electrons. The third-order valence-corrected chi connectivity index (χ3v) is 3.25. The summed E-state index contributed by atoms with van der Waals surface area (Å²) in [6.07, 6.45) is 0.836. The molecule has 0 spiro atoms. The Morgan fingerprint density at radius 2 is 1.63 bits per heavy atom. The summed E-state index contributed by atoms with van der Waals surface area (Å²) in [5, 5.41) is 0. The second-order valence-corrected chi connectivity index (χ2v) is 5.04. The number of hydrogen-bond acceptors (Lipinski definition) is 2. The van der Waals surface area contributed by atoms with E-state index in [-0.39, 0.29) is 0 Å². The van der Waals surface area contributed by atoms with Crippen LogP contribution in [0.3, 0.4) is 0 Å². The van der Waals surface area contributed by atoms with Crippen molar-refractivity contribution in [2.75, 3.05) is 0 Å². The molecule has 0 aliphatic rings. The van der Waals surface area contributed by atoms with Gasteiger partial charge in [0.05, 0.1) is 0 Å². The van der Waals surface area contributed by atoms with Gasteiger partial charge in [0, 0.05) is 0 Å². The molecule has 0 aliphatic carbocycles. The van der Waals surface area contributed by atoms with Gasteiger partial charge in [0.1, 0.15) is 5.60 Å². The monoisotopic (exact) mass is 254 g/mol. The van der Waals surface area contributed by atoms with Gasteiger partial charge in [0.15, 0.2) is 0 Å². The average molecular weight is 254 g/mol. The van der Waals surface area contributed by atoms with Gasteiger partial charge in [-0.25, -0.2) is 0 Å². The van der Waals surface area contributed by atoms with E-state index in [1.807, 2.05) is 50.2 Å². The van der Waals surface area contributed by atoms with Crippen molar-refractivity contribution >= 4 is 6.47 Å². The fraction of sp³-hybridized carbons (Fsp3) is 0.235. The lowest BCUT2D eigenvalue weighted by Crippen LogP contribution is -2.22. The van der Waals surface area contributed by atoms with E-state index < -0.39 is 5.60 Å². The van der Waals surface area contributed by atoms with Gasteiger partial charge in [-0.1, -0.05) is 54.6 Å². The molecule has 0 heterocycles. The molecule has 2 nitrogen and oxygen atoms in total. The van der Waals surface area contributed by atoms with Crippen LogP contribution in [0.4, 0.5) is 0 Å². The highest BCUT2D eigenvalue weighted by atomic mass is 16.5. The van der Waals surface area contributed by atoms with Crippen LogP contribution in [0.25, 0.3) is 0 Å². The van der Waals surface area contributed by atoms with Crippen LogP contribution in [-0.2, 0) is 21.6 Å². The molecule has 0 bridgehead atoms. The first kappa shape index (κ1) is 13.3. The van der Waals surface area contributed by atoms with E-state index in [2.05, 4.69) is 18.2 Å². The summed E-state index contributed by atoms with van der Waals surface area (Å²) < 4.78 is 5.21. The third kappa shape index (κ3) is 3.22. The van der Waals surface area contributed by atoms with Gasteiger partial charge in [-0.05, 0) is 37.0 Å². The lowest BCUT2D eigenvalue weighted by atomic mass is 9.90. The molecule has 2 rings (SSSR count). The van der Waals surface area contributed by atoms with Crippen LogP contribution in [0.15, 0.2) is 54.6 Å². The van der Waals surface area contributed by atoms with E-state index in [0.29, 0.717) is 6.47 Å². The first-order chi connectivity index (χ1) is 9.13. The number of carbonyl (C=O) groups is 1. The maximum atomic E-state index is 10.6. The van der Waals surface area contributed by atoms with Crippen LogP contribution in [-0.4, -0.2) is 6.47 Å². The molecular formula is C17H18O2. The van der Waals surface area contributed by atoms with Crippen molar-refractivity contribution in [1.82, 2.24) is 0 Å². The van der Waals surface area contributed by atoms with Gasteiger partial charge in [0.2, 0.25) is 0 Å². The Morgan fingerprint density at radius 1 is 1.00 bits per heavy atom. The fourth-order valence-corrected chi connectivity index (χ4v) is 2.26. The second-order valence-electron chi connectivity index (χ2n) is 5.04. The van der Waals surface area contributed by atoms with Crippen LogP contribution in [0, 0.1) is 0 Å². The van der Waals surface area contributed by atoms with Crippen LogP contribution in [0.2, 0.25) is 0 Å². The molecule has 0 saturated heterocycles. The van der Waals surface area contributed by atoms with Crippen molar-refractivity contribution < 1.29 is 9.53 Å². The van der Waals surface area contributed by atoms with E-state index in [4.69, 9.17) is 4.74 Å². The topological polar surface area (TPSA) is 26.3 Å². The van der Waals surface area contributed by atoms with Crippen molar-refractivity contribution in [2.45, 2.75) is 25.9 Å². The van der Waals surface area contributed by atoms with E-state index in [1.54, 1.807) is 0 Å². The number of benzene rings is 2. The molecule has 0 atom stereocenters. The first-order valence-corrected chi connectivity index (χ1v) is 6.37. The van der Waals surface area contributed by atoms with Crippen LogP contribution in [0.1, 0.15) is 30.5 Å². The number of hydrogen-bond donors (Lipinski definition) is 0. The maximum Gasteiger partial charge on any atom is 0.293 e. The van der Waals surface area contributed by atoms with Gasteiger partial charge in [-0.3, -0.25) is 4.79 Å². The highest BCUT2D eigenvalue weighted by Crippen LogP contribution is 2.28. The number of rotatable bonds is 5. The highest BCUT2D eigenvalue weighted by molar-refractivity contribution is 5.42. The van der Waals surface area contributed by atoms with Crippen molar-refractivity contribution in [3.05, 3.63) is 71.3 Å². The minimum atomic E-state index is -0.604. The van der Waals surface area contributed by atoms with E-state index in [1.165, 1.54) is 11.1 Å². The van der Waals surface area contributed by atoms with Crippen molar-refractivity contribution in [3.63, 3.8) is 0 Å². The standard InChI is InChI=1S/C17H18O2/c1-17(2,19-13-18)16-11-7-6-10-15(16)12-14-8-4-3-5-9-14/h3-11,13H,12H2,1-2H3. The smallest absolute Gasteiger partial charge is 0.293 e. The van der Waals surface area contributed by atoms with Crippen LogP contribution < -0.4 is 0 Å². The lowest BCUT2D eigenvalue weighted by Gasteiger charge is -2.26. The van der Waals surface area contributed by atoms with Crippen LogP contribution >= 0.6 is 0 Å². The summed E-state index contributed by atoms with van der Waals surface area (Å²) in [6, 6.07) is 18.4. The molecular weight excluding hydrogens is 236 g/mol. The second kappa shape index (κ2) is 5.70. The minimum Gasteiger partial charge on any atom is -0.457 e. The average Bonchev–Trinajstić information content (AvgIpc) is 2.40. The SMILES string of the molecule is CC(C)(OC=O)c1ccccc1Cc1ccccc1. The molecule has 0 unspecified atom stereocenters. The quantitative estimate of drug-likeness (QED) is 0.761. The molecule has 0 aromatic heterocycles. The Labute approximate surface area is 114 Å². The molecule has 0 N–H and O–H groups in total. The van der Waals surface area contributed by atoms with Gasteiger partial charge < -0.3 is 4.74 Å². The van der Waals surface area contributed by atoms with E-state index in [9.17, 15) is 4.79 Å². The Morgan fingerprint density at radius 3 is 2.32 bits per heavy atom. The predicted molar refractivity (Wildman–Crippen MR) is 75.9 cm³/mol. The predicted octanol–water partition coefficient (Wildman–Crippen LogP) is 3.69. The number of ether oxygens (including phenoxy) is 1. The summed E-state index contributed by atoms with van der Waals surface area (Å²) in [4.78, 5) is 10.6. The summed E-state index contributed by atoms with van der Waals surface area (Å²) in [5.41, 5.74) is 2.87. The zero-order valence-corrected chi connectivity index (χ0v) is 11.3. The maximum absolute atomic E-state index is 10.6. The Kier molecular flexibility index (Phi) is 4.00. The summed E-state index contributed by atoms with van der Waals surface area (Å²) in [7, 11) is 0. The van der Waals surface area contributed by atoms with E-state index >= 15 is 0 Å². The molecule has 19 heavy (non-hydrogen) atoms. The third-order valence-electron chi connectivity index (χ3n) is 3.25. The molecule has 2 heteroatoms. The van der Waals surface area contributed by atoms with Crippen molar-refractivity contribution in [1.29, 1.82) is 0 Å². The fourth-order valence-electron chi connectivity index (χ4n) is 2.26. The Hall–Kier alpha value is -2.09. The summed E-state index contributed by atoms with van der Waals surface area (Å²) in [6.45, 7) is 4.33. The molecule has 0 saturated carbocycles. The molecule has 0 amide bonds. The van der Waals surface area contributed by atoms with Gasteiger partial charge in [-0.2, -0.15) is 0 Å². The zero-order valence-electron chi connectivity index (χ0n) is 11.3. The van der Waals surface area contributed by atoms with Gasteiger partial charge in [0.25, 0.3) is 6.47 Å². The summed E-state index contributed by atoms with van der Waals surface area (Å²) in [5.74, 6) is 0. The molecule has 2 aromatic rings. The number of carbonyl (C=O) groups excluding carboxylic acids is 1. The molecule has 0 fully saturated rings. The normalized spacial score (nSPS) is 11.1. The molecule has 2 aromatic carbocycles. The van der Waals surface area contributed by atoms with Crippen molar-refractivity contribution in [3.8, 4) is 0 Å². The van der Waals surface area contributed by atoms with Crippen molar-refractivity contribution in [2.24, 2.45) is 0 Å². The highest BCUT2D eigenvalue weighted by Gasteiger charge is 2.24. The molecule has 0 aliphatic heterocycles. The lowest BCUT2D eigenvalue weighted by molar-refractivity contribution is -0.141. The van der Waals surface area contributed by atoms with E-state index in [0.717, 1.165) is 12.0 Å². The van der Waals surface area contributed by atoms with Crippen LogP contribution in [0.5, 0.6) is 0 Å². The Balaban J connectivity index is 2.34. The summed E-state index contributed by atoms with van der Waals surface area (Å²) >= 11 is 0. The first-order valence-electron chi connectivity index (χ1n) is 6.37.